The lowest BCUT2D eigenvalue weighted by atomic mass is 10.0. The number of benzene rings is 1. The molecule has 0 unspecified atom stereocenters. The van der Waals surface area contributed by atoms with Crippen LogP contribution >= 0.6 is 0 Å². The van der Waals surface area contributed by atoms with Gasteiger partial charge < -0.3 is 10.3 Å². The fourth-order valence-corrected chi connectivity index (χ4v) is 2.66. The van der Waals surface area contributed by atoms with Crippen LogP contribution in [0.1, 0.15) is 30.2 Å². The van der Waals surface area contributed by atoms with E-state index in [9.17, 15) is 0 Å². The number of aromatic nitrogens is 1. The molecule has 2 aromatic rings. The van der Waals surface area contributed by atoms with Gasteiger partial charge in [-0.15, -0.1) is 0 Å². The van der Waals surface area contributed by atoms with Gasteiger partial charge in [0, 0.05) is 23.1 Å². The van der Waals surface area contributed by atoms with E-state index in [0.29, 0.717) is 0 Å². The highest BCUT2D eigenvalue weighted by atomic mass is 15.0. The highest BCUT2D eigenvalue weighted by molar-refractivity contribution is 5.86. The second kappa shape index (κ2) is 4.92. The number of hydrogen-bond acceptors (Lipinski definition) is 1. The van der Waals surface area contributed by atoms with Gasteiger partial charge in [-0.05, 0) is 57.4 Å². The van der Waals surface area contributed by atoms with Gasteiger partial charge in [-0.2, -0.15) is 0 Å². The molecule has 2 nitrogen and oxygen atoms in total. The van der Waals surface area contributed by atoms with Crippen molar-refractivity contribution in [3.8, 4) is 0 Å². The molecule has 1 aromatic carbocycles. The van der Waals surface area contributed by atoms with Gasteiger partial charge in [-0.25, -0.2) is 0 Å². The molecule has 0 aliphatic rings. The van der Waals surface area contributed by atoms with Crippen molar-refractivity contribution in [2.75, 3.05) is 6.54 Å². The molecule has 0 radical (unpaired) electrons. The Balaban J connectivity index is 2.62. The van der Waals surface area contributed by atoms with Crippen molar-refractivity contribution in [1.29, 1.82) is 0 Å². The Morgan fingerprint density at radius 3 is 2.65 bits per heavy atom. The van der Waals surface area contributed by atoms with Gasteiger partial charge in [-0.3, -0.25) is 0 Å². The predicted octanol–water partition coefficient (Wildman–Crippen LogP) is 3.17. The van der Waals surface area contributed by atoms with Crippen molar-refractivity contribution in [2.24, 2.45) is 5.73 Å². The predicted molar refractivity (Wildman–Crippen MR) is 74.5 cm³/mol. The third-order valence-electron chi connectivity index (χ3n) is 3.56. The molecule has 0 saturated heterocycles. The zero-order valence-corrected chi connectivity index (χ0v) is 11.1. The largest absolute Gasteiger partial charge is 0.345 e. The van der Waals surface area contributed by atoms with E-state index in [4.69, 9.17) is 5.73 Å². The summed E-state index contributed by atoms with van der Waals surface area (Å²) >= 11 is 0. The Morgan fingerprint density at radius 1 is 1.24 bits per heavy atom. The zero-order valence-electron chi connectivity index (χ0n) is 11.1. The zero-order chi connectivity index (χ0) is 12.4. The van der Waals surface area contributed by atoms with E-state index in [-0.39, 0.29) is 0 Å². The van der Waals surface area contributed by atoms with E-state index < -0.39 is 0 Å². The van der Waals surface area contributed by atoms with E-state index in [0.717, 1.165) is 25.9 Å². The first-order chi connectivity index (χ1) is 8.19. The fourth-order valence-electron chi connectivity index (χ4n) is 2.66. The van der Waals surface area contributed by atoms with Crippen molar-refractivity contribution < 1.29 is 0 Å². The topological polar surface area (TPSA) is 30.9 Å². The number of nitrogens with zero attached hydrogens (tertiary/aromatic N) is 1. The highest BCUT2D eigenvalue weighted by Crippen LogP contribution is 2.27. The molecule has 2 N–H and O–H groups in total. The standard InChI is InChI=1S/C15H22N2/c1-4-17-12(3)13(6-5-9-16)14-8-7-11(2)10-15(14)17/h7-8,10H,4-6,9,16H2,1-3H3. The molecule has 0 aliphatic carbocycles. The van der Waals surface area contributed by atoms with Crippen LogP contribution in [-0.4, -0.2) is 11.1 Å². The summed E-state index contributed by atoms with van der Waals surface area (Å²) in [5.41, 5.74) is 11.2. The van der Waals surface area contributed by atoms with Gasteiger partial charge in [0.25, 0.3) is 0 Å². The minimum atomic E-state index is 0.768. The maximum absolute atomic E-state index is 5.63. The quantitative estimate of drug-likeness (QED) is 0.859. The van der Waals surface area contributed by atoms with Crippen LogP contribution in [-0.2, 0) is 13.0 Å². The molecular weight excluding hydrogens is 208 g/mol. The second-order valence-corrected chi connectivity index (χ2v) is 4.72. The molecule has 2 rings (SSSR count). The van der Waals surface area contributed by atoms with Crippen molar-refractivity contribution in [3.05, 3.63) is 35.0 Å². The number of rotatable bonds is 4. The summed E-state index contributed by atoms with van der Waals surface area (Å²) < 4.78 is 2.41. The monoisotopic (exact) mass is 230 g/mol. The summed E-state index contributed by atoms with van der Waals surface area (Å²) in [6, 6.07) is 6.75. The van der Waals surface area contributed by atoms with Crippen molar-refractivity contribution in [1.82, 2.24) is 4.57 Å². The van der Waals surface area contributed by atoms with Crippen LogP contribution in [0.2, 0.25) is 0 Å². The summed E-state index contributed by atoms with van der Waals surface area (Å²) in [6.07, 6.45) is 2.16. The van der Waals surface area contributed by atoms with Gasteiger partial charge >= 0.3 is 0 Å². The van der Waals surface area contributed by atoms with Crippen LogP contribution in [0.25, 0.3) is 10.9 Å². The van der Waals surface area contributed by atoms with Crippen LogP contribution in [0.15, 0.2) is 18.2 Å². The van der Waals surface area contributed by atoms with Crippen LogP contribution < -0.4 is 5.73 Å². The summed E-state index contributed by atoms with van der Waals surface area (Å²) in [5, 5.41) is 1.41. The Kier molecular flexibility index (Phi) is 3.53. The first-order valence-corrected chi connectivity index (χ1v) is 6.47. The van der Waals surface area contributed by atoms with Gasteiger partial charge in [0.1, 0.15) is 0 Å². The Bertz CT molecular complexity index is 523. The number of fused-ring (bicyclic) bond motifs is 1. The van der Waals surface area contributed by atoms with E-state index in [1.54, 1.807) is 0 Å². The van der Waals surface area contributed by atoms with Crippen molar-refractivity contribution >= 4 is 10.9 Å². The molecule has 2 heteroatoms. The number of aryl methyl sites for hydroxylation is 3. The lowest BCUT2D eigenvalue weighted by Gasteiger charge is -2.04. The van der Waals surface area contributed by atoms with Gasteiger partial charge in [0.2, 0.25) is 0 Å². The molecule has 0 saturated carbocycles. The molecule has 0 spiro atoms. The maximum atomic E-state index is 5.63. The first kappa shape index (κ1) is 12.2. The normalized spacial score (nSPS) is 11.3. The Morgan fingerprint density at radius 2 is 2.00 bits per heavy atom. The lowest BCUT2D eigenvalue weighted by molar-refractivity contribution is 0.752. The van der Waals surface area contributed by atoms with Gasteiger partial charge in [0.15, 0.2) is 0 Å². The molecule has 17 heavy (non-hydrogen) atoms. The molecule has 92 valence electrons. The fraction of sp³-hybridized carbons (Fsp3) is 0.467. The van der Waals surface area contributed by atoms with E-state index in [1.165, 1.54) is 27.7 Å². The molecule has 1 heterocycles. The molecule has 0 bridgehead atoms. The third kappa shape index (κ3) is 2.09. The van der Waals surface area contributed by atoms with Crippen LogP contribution in [0.4, 0.5) is 0 Å². The van der Waals surface area contributed by atoms with E-state index in [1.807, 2.05) is 0 Å². The SMILES string of the molecule is CCn1c(C)c(CCCN)c2ccc(C)cc21. The molecular formula is C15H22N2. The Hall–Kier alpha value is -1.28. The van der Waals surface area contributed by atoms with Crippen molar-refractivity contribution in [3.63, 3.8) is 0 Å². The third-order valence-corrected chi connectivity index (χ3v) is 3.56. The maximum Gasteiger partial charge on any atom is 0.0487 e. The van der Waals surface area contributed by atoms with E-state index in [2.05, 4.69) is 43.5 Å². The molecule has 0 amide bonds. The average molecular weight is 230 g/mol. The first-order valence-electron chi connectivity index (χ1n) is 6.47. The van der Waals surface area contributed by atoms with Crippen LogP contribution in [0, 0.1) is 13.8 Å². The summed E-state index contributed by atoms with van der Waals surface area (Å²) in [5.74, 6) is 0. The Labute approximate surface area is 103 Å². The summed E-state index contributed by atoms with van der Waals surface area (Å²) in [6.45, 7) is 8.39. The molecule has 1 aromatic heterocycles. The van der Waals surface area contributed by atoms with Crippen molar-refractivity contribution in [2.45, 2.75) is 40.2 Å². The number of nitrogens with two attached hydrogens (primary N) is 1. The minimum absolute atomic E-state index is 0.768. The van der Waals surface area contributed by atoms with Gasteiger partial charge in [0.05, 0.1) is 0 Å². The van der Waals surface area contributed by atoms with Crippen LogP contribution in [0.5, 0.6) is 0 Å². The highest BCUT2D eigenvalue weighted by Gasteiger charge is 2.12. The number of hydrogen-bond donors (Lipinski definition) is 1. The lowest BCUT2D eigenvalue weighted by Crippen LogP contribution is -2.02. The molecule has 0 atom stereocenters. The van der Waals surface area contributed by atoms with Crippen LogP contribution in [0.3, 0.4) is 0 Å². The van der Waals surface area contributed by atoms with E-state index >= 15 is 0 Å². The molecule has 0 fully saturated rings. The minimum Gasteiger partial charge on any atom is -0.345 e. The summed E-state index contributed by atoms with van der Waals surface area (Å²) in [4.78, 5) is 0. The summed E-state index contributed by atoms with van der Waals surface area (Å²) in [7, 11) is 0. The average Bonchev–Trinajstić information content (AvgIpc) is 2.57. The molecule has 0 aliphatic heterocycles. The van der Waals surface area contributed by atoms with Gasteiger partial charge in [-0.1, -0.05) is 12.1 Å². The smallest absolute Gasteiger partial charge is 0.0487 e. The second-order valence-electron chi connectivity index (χ2n) is 4.72.